The number of carbonyl (C=O) groups excluding carboxylic acids is 1. The lowest BCUT2D eigenvalue weighted by Gasteiger charge is -2.25. The van der Waals surface area contributed by atoms with Gasteiger partial charge in [0.15, 0.2) is 11.5 Å². The Morgan fingerprint density at radius 3 is 2.27 bits per heavy atom. The van der Waals surface area contributed by atoms with Crippen LogP contribution in [0.4, 0.5) is 23.2 Å². The zero-order chi connectivity index (χ0) is 24.0. The van der Waals surface area contributed by atoms with Gasteiger partial charge in [0.1, 0.15) is 12.4 Å². The van der Waals surface area contributed by atoms with Gasteiger partial charge >= 0.3 is 12.1 Å². The Hall–Kier alpha value is -4.15. The van der Waals surface area contributed by atoms with Gasteiger partial charge in [-0.15, -0.1) is 0 Å². The lowest BCUT2D eigenvalue weighted by atomic mass is 10.1. The summed E-state index contributed by atoms with van der Waals surface area (Å²) in [5, 5.41) is 9.91. The molecule has 33 heavy (non-hydrogen) atoms. The van der Waals surface area contributed by atoms with Gasteiger partial charge in [-0.3, -0.25) is 9.78 Å². The molecule has 0 spiro atoms. The van der Waals surface area contributed by atoms with E-state index in [1.165, 1.54) is 12.4 Å². The van der Waals surface area contributed by atoms with E-state index in [0.717, 1.165) is 0 Å². The molecule has 2 N–H and O–H groups in total. The van der Waals surface area contributed by atoms with Crippen LogP contribution >= 0.6 is 0 Å². The van der Waals surface area contributed by atoms with Gasteiger partial charge in [-0.1, -0.05) is 24.3 Å². The van der Waals surface area contributed by atoms with Gasteiger partial charge in [-0.2, -0.15) is 13.2 Å². The van der Waals surface area contributed by atoms with Crippen molar-refractivity contribution in [2.45, 2.75) is 12.3 Å². The predicted octanol–water partition coefficient (Wildman–Crippen LogP) is 4.30. The molecule has 11 heteroatoms. The third-order valence-electron chi connectivity index (χ3n) is 4.28. The quantitative estimate of drug-likeness (QED) is 0.561. The zero-order valence-electron chi connectivity index (χ0n) is 16.7. The van der Waals surface area contributed by atoms with Crippen LogP contribution in [0.3, 0.4) is 0 Å². The molecule has 7 nitrogen and oxygen atoms in total. The highest BCUT2D eigenvalue weighted by Gasteiger charge is 2.38. The summed E-state index contributed by atoms with van der Waals surface area (Å²) in [4.78, 5) is 25.0. The Morgan fingerprint density at radius 1 is 1.03 bits per heavy atom. The van der Waals surface area contributed by atoms with Crippen LogP contribution in [0.5, 0.6) is 11.5 Å². The number of ether oxygens (including phenoxy) is 2. The summed E-state index contributed by atoms with van der Waals surface area (Å²) >= 11 is 0. The molecule has 0 saturated heterocycles. The van der Waals surface area contributed by atoms with Crippen LogP contribution in [0, 0.1) is 5.82 Å². The maximum Gasteiger partial charge on any atom is 0.490 e. The molecule has 0 unspecified atom stereocenters. The summed E-state index contributed by atoms with van der Waals surface area (Å²) in [6, 6.07) is 15.7. The van der Waals surface area contributed by atoms with E-state index < -0.39 is 24.1 Å². The first-order valence-corrected chi connectivity index (χ1v) is 9.34. The van der Waals surface area contributed by atoms with Crippen LogP contribution in [0.1, 0.15) is 0 Å². The van der Waals surface area contributed by atoms with Crippen molar-refractivity contribution >= 4 is 17.6 Å². The first-order valence-electron chi connectivity index (χ1n) is 9.34. The first-order chi connectivity index (χ1) is 15.6. The lowest BCUT2D eigenvalue weighted by molar-refractivity contribution is -0.192. The number of hydrogen-bond acceptors (Lipinski definition) is 5. The number of hydrogen-bond donors (Lipinski definition) is 2. The largest absolute Gasteiger partial charge is 0.490 e. The summed E-state index contributed by atoms with van der Waals surface area (Å²) in [6.45, 7) is 0.142. The summed E-state index contributed by atoms with van der Waals surface area (Å²) in [5.74, 6) is -2.28. The highest BCUT2D eigenvalue weighted by Crippen LogP contribution is 2.31. The molecule has 172 valence electrons. The molecule has 3 aromatic rings. The SMILES string of the molecule is O=C(Nc1ccc(-c2ccncc2F)cc1)[C@H]1COc2ccccc2O1.O=C(O)C(F)(F)F. The summed E-state index contributed by atoms with van der Waals surface area (Å²) < 4.78 is 56.8. The van der Waals surface area contributed by atoms with Crippen molar-refractivity contribution in [2.24, 2.45) is 0 Å². The Labute approximate surface area is 184 Å². The number of aromatic nitrogens is 1. The molecule has 0 saturated carbocycles. The standard InChI is InChI=1S/C20H15FN2O3.C2HF3O2/c21-16-11-22-10-9-15(16)13-5-7-14(8-6-13)23-20(24)19-12-25-17-3-1-2-4-18(17)26-19;3-2(4,5)1(6)7/h1-11,19H,12H2,(H,23,24);(H,6,7)/t19-;/m1./s1. The Morgan fingerprint density at radius 2 is 1.67 bits per heavy atom. The van der Waals surface area contributed by atoms with Crippen molar-refractivity contribution in [2.75, 3.05) is 11.9 Å². The molecule has 1 amide bonds. The van der Waals surface area contributed by atoms with Crippen LogP contribution in [0.25, 0.3) is 11.1 Å². The third-order valence-corrected chi connectivity index (χ3v) is 4.28. The number of carboxylic acid groups (broad SMARTS) is 1. The third kappa shape index (κ3) is 6.19. The number of benzene rings is 2. The van der Waals surface area contributed by atoms with Gasteiger partial charge in [0, 0.05) is 17.4 Å². The van der Waals surface area contributed by atoms with Crippen molar-refractivity contribution in [3.63, 3.8) is 0 Å². The minimum absolute atomic E-state index is 0.142. The lowest BCUT2D eigenvalue weighted by Crippen LogP contribution is -2.40. The van der Waals surface area contributed by atoms with E-state index in [9.17, 15) is 22.4 Å². The Bertz CT molecular complexity index is 1140. The summed E-state index contributed by atoms with van der Waals surface area (Å²) in [5.41, 5.74) is 1.75. The molecule has 1 aromatic heterocycles. The molecule has 2 heterocycles. The van der Waals surface area contributed by atoms with Gasteiger partial charge in [0.25, 0.3) is 5.91 Å². The fourth-order valence-electron chi connectivity index (χ4n) is 2.71. The van der Waals surface area contributed by atoms with Crippen LogP contribution < -0.4 is 14.8 Å². The number of alkyl halides is 3. The Kier molecular flexibility index (Phi) is 7.11. The number of anilines is 1. The molecular formula is C22H16F4N2O5. The predicted molar refractivity (Wildman–Crippen MR) is 108 cm³/mol. The highest BCUT2D eigenvalue weighted by molar-refractivity contribution is 5.95. The number of nitrogens with one attached hydrogen (secondary N) is 1. The number of fused-ring (bicyclic) bond motifs is 1. The van der Waals surface area contributed by atoms with E-state index in [-0.39, 0.29) is 12.5 Å². The zero-order valence-corrected chi connectivity index (χ0v) is 16.7. The van der Waals surface area contributed by atoms with E-state index in [1.807, 2.05) is 12.1 Å². The molecule has 0 aliphatic carbocycles. The number of para-hydroxylation sites is 2. The van der Waals surface area contributed by atoms with E-state index >= 15 is 0 Å². The molecule has 1 aliphatic rings. The fourth-order valence-corrected chi connectivity index (χ4v) is 2.71. The summed E-state index contributed by atoms with van der Waals surface area (Å²) in [7, 11) is 0. The fraction of sp³-hybridized carbons (Fsp3) is 0.136. The van der Waals surface area contributed by atoms with Crippen LogP contribution in [0.15, 0.2) is 67.0 Å². The molecule has 0 bridgehead atoms. The number of nitrogens with zero attached hydrogens (tertiary/aromatic N) is 1. The molecule has 0 fully saturated rings. The van der Waals surface area contributed by atoms with E-state index in [1.54, 1.807) is 42.5 Å². The number of pyridine rings is 1. The van der Waals surface area contributed by atoms with Crippen molar-refractivity contribution in [3.8, 4) is 22.6 Å². The number of rotatable bonds is 3. The topological polar surface area (TPSA) is 97.8 Å². The van der Waals surface area contributed by atoms with E-state index in [4.69, 9.17) is 19.4 Å². The van der Waals surface area contributed by atoms with Gasteiger partial charge in [0.2, 0.25) is 6.10 Å². The number of halogens is 4. The molecule has 0 radical (unpaired) electrons. The monoisotopic (exact) mass is 464 g/mol. The maximum absolute atomic E-state index is 13.8. The average Bonchev–Trinajstić information content (AvgIpc) is 2.79. The number of amides is 1. The minimum Gasteiger partial charge on any atom is -0.485 e. The molecule has 2 aromatic carbocycles. The maximum atomic E-state index is 13.8. The molecule has 1 aliphatic heterocycles. The Balaban J connectivity index is 0.000000383. The highest BCUT2D eigenvalue weighted by atomic mass is 19.4. The normalized spacial score (nSPS) is 14.5. The van der Waals surface area contributed by atoms with Crippen molar-refractivity contribution in [1.29, 1.82) is 0 Å². The number of carboxylic acids is 1. The summed E-state index contributed by atoms with van der Waals surface area (Å²) in [6.07, 6.45) is -3.11. The van der Waals surface area contributed by atoms with E-state index in [0.29, 0.717) is 28.3 Å². The van der Waals surface area contributed by atoms with Crippen LogP contribution in [-0.4, -0.2) is 40.9 Å². The first kappa shape index (κ1) is 23.5. The second-order valence-corrected chi connectivity index (χ2v) is 6.59. The average molecular weight is 464 g/mol. The van der Waals surface area contributed by atoms with Gasteiger partial charge in [-0.05, 0) is 35.9 Å². The smallest absolute Gasteiger partial charge is 0.485 e. The number of carbonyl (C=O) groups is 2. The second-order valence-electron chi connectivity index (χ2n) is 6.59. The van der Waals surface area contributed by atoms with Crippen LogP contribution in [-0.2, 0) is 9.59 Å². The van der Waals surface area contributed by atoms with Gasteiger partial charge in [-0.25, -0.2) is 9.18 Å². The number of aliphatic carboxylic acids is 1. The van der Waals surface area contributed by atoms with Crippen molar-refractivity contribution < 1.29 is 41.7 Å². The van der Waals surface area contributed by atoms with Crippen molar-refractivity contribution in [3.05, 3.63) is 72.8 Å². The molecule has 4 rings (SSSR count). The van der Waals surface area contributed by atoms with Crippen LogP contribution in [0.2, 0.25) is 0 Å². The van der Waals surface area contributed by atoms with Crippen molar-refractivity contribution in [1.82, 2.24) is 4.98 Å². The second kappa shape index (κ2) is 9.98. The van der Waals surface area contributed by atoms with Gasteiger partial charge < -0.3 is 19.9 Å². The minimum atomic E-state index is -5.08. The van der Waals surface area contributed by atoms with Gasteiger partial charge in [0.05, 0.1) is 6.20 Å². The molecule has 1 atom stereocenters. The molecular weight excluding hydrogens is 448 g/mol. The van der Waals surface area contributed by atoms with E-state index in [2.05, 4.69) is 10.3 Å².